The Kier molecular flexibility index (Phi) is 14.1. The van der Waals surface area contributed by atoms with E-state index in [1.807, 2.05) is 0 Å². The van der Waals surface area contributed by atoms with E-state index in [1.165, 1.54) is 82.4 Å². The molecule has 5 aromatic carbocycles. The van der Waals surface area contributed by atoms with Crippen molar-refractivity contribution >= 4 is 24.8 Å². The van der Waals surface area contributed by atoms with Crippen LogP contribution in [0.2, 0.25) is 0 Å². The van der Waals surface area contributed by atoms with Gasteiger partial charge in [-0.25, -0.2) is 11.6 Å². The van der Waals surface area contributed by atoms with Crippen LogP contribution in [0.1, 0.15) is 56.4 Å². The van der Waals surface area contributed by atoms with Gasteiger partial charge in [0.15, 0.2) is 0 Å². The zero-order chi connectivity index (χ0) is 26.9. The maximum absolute atomic E-state index is 3.19. The maximum atomic E-state index is 3.19. The summed E-state index contributed by atoms with van der Waals surface area (Å²) in [4.78, 5) is 0. The van der Waals surface area contributed by atoms with Crippen molar-refractivity contribution in [2.75, 3.05) is 0 Å². The van der Waals surface area contributed by atoms with Crippen LogP contribution in [0.4, 0.5) is 0 Å². The summed E-state index contributed by atoms with van der Waals surface area (Å²) in [7, 11) is 0. The number of aryl methyl sites for hydroxylation is 2. The molecule has 1 aliphatic carbocycles. The molecule has 0 N–H and O–H groups in total. The van der Waals surface area contributed by atoms with Crippen LogP contribution in [-0.4, -0.2) is 3.21 Å². The molecule has 1 aliphatic rings. The van der Waals surface area contributed by atoms with Gasteiger partial charge in [-0.3, -0.25) is 6.08 Å². The van der Waals surface area contributed by atoms with Crippen LogP contribution in [0.3, 0.4) is 0 Å². The molecule has 0 unspecified atom stereocenters. The third kappa shape index (κ3) is 9.04. The Morgan fingerprint density at radius 1 is 0.700 bits per heavy atom. The molecule has 0 amide bonds. The molecule has 0 heterocycles. The fraction of sp³-hybridized carbons (Fsp3) is 0.189. The molecule has 0 radical (unpaired) electrons. The van der Waals surface area contributed by atoms with Crippen molar-refractivity contribution in [2.45, 2.75) is 47.0 Å². The number of halogens is 2. The van der Waals surface area contributed by atoms with E-state index in [2.05, 4.69) is 143 Å². The summed E-state index contributed by atoms with van der Waals surface area (Å²) >= 11 is 1.46. The first-order valence-electron chi connectivity index (χ1n) is 13.5. The van der Waals surface area contributed by atoms with Crippen molar-refractivity contribution in [3.63, 3.8) is 0 Å². The van der Waals surface area contributed by atoms with E-state index in [1.54, 1.807) is 0 Å². The van der Waals surface area contributed by atoms with E-state index in [0.717, 1.165) is 19.3 Å². The molecule has 40 heavy (non-hydrogen) atoms. The van der Waals surface area contributed by atoms with Gasteiger partial charge in [-0.15, -0.1) is 46.2 Å². The third-order valence-corrected chi connectivity index (χ3v) is 8.30. The van der Waals surface area contributed by atoms with E-state index < -0.39 is 0 Å². The summed E-state index contributed by atoms with van der Waals surface area (Å²) in [5.74, 6) is 0. The number of rotatable bonds is 4. The predicted molar refractivity (Wildman–Crippen MR) is 163 cm³/mol. The zero-order valence-corrected chi connectivity index (χ0v) is 27.7. The second kappa shape index (κ2) is 16.7. The Labute approximate surface area is 267 Å². The van der Waals surface area contributed by atoms with Gasteiger partial charge < -0.3 is 24.8 Å². The van der Waals surface area contributed by atoms with Gasteiger partial charge in [0, 0.05) is 0 Å². The van der Waals surface area contributed by atoms with Crippen LogP contribution >= 0.6 is 0 Å². The molecular weight excluding hydrogens is 607 g/mol. The fourth-order valence-corrected chi connectivity index (χ4v) is 5.51. The van der Waals surface area contributed by atoms with Gasteiger partial charge >= 0.3 is 99.2 Å². The van der Waals surface area contributed by atoms with E-state index in [9.17, 15) is 0 Å². The summed E-state index contributed by atoms with van der Waals surface area (Å²) in [5, 5.41) is 5.54. The summed E-state index contributed by atoms with van der Waals surface area (Å²) in [5.41, 5.74) is 8.22. The van der Waals surface area contributed by atoms with Crippen molar-refractivity contribution in [1.82, 2.24) is 0 Å². The SMILES string of the molecule is CC1=[C-]CC(C)=C1.CCc1ccc2c(c1)[cH-]c1cc(CC)ccc12.[Cl-].[Cl-].[Zr+2]=[C](c1ccccc1)c1ccccc1. The van der Waals surface area contributed by atoms with Gasteiger partial charge in [-0.05, 0) is 12.8 Å². The molecule has 0 fully saturated rings. The van der Waals surface area contributed by atoms with Gasteiger partial charge in [0.25, 0.3) is 0 Å². The normalized spacial score (nSPS) is 11.7. The zero-order valence-electron chi connectivity index (χ0n) is 23.8. The Hall–Kier alpha value is -2.44. The molecule has 3 heteroatoms. The number of hydrogen-bond acceptors (Lipinski definition) is 0. The molecule has 6 rings (SSSR count). The van der Waals surface area contributed by atoms with Gasteiger partial charge in [0.1, 0.15) is 0 Å². The van der Waals surface area contributed by atoms with Gasteiger partial charge in [0.05, 0.1) is 0 Å². The summed E-state index contributed by atoms with van der Waals surface area (Å²) < 4.78 is 1.42. The Bertz CT molecular complexity index is 1470. The fourth-order valence-electron chi connectivity index (χ4n) is 4.69. The van der Waals surface area contributed by atoms with Crippen molar-refractivity contribution < 1.29 is 49.0 Å². The van der Waals surface area contributed by atoms with E-state index in [-0.39, 0.29) is 24.8 Å². The summed E-state index contributed by atoms with van der Waals surface area (Å²) in [6.45, 7) is 8.62. The van der Waals surface area contributed by atoms with Crippen LogP contribution < -0.4 is 24.8 Å². The molecule has 0 saturated heterocycles. The van der Waals surface area contributed by atoms with Crippen molar-refractivity contribution in [3.8, 4) is 0 Å². The van der Waals surface area contributed by atoms with Gasteiger partial charge in [0.2, 0.25) is 0 Å². The number of fused-ring (bicyclic) bond motifs is 3. The van der Waals surface area contributed by atoms with Crippen LogP contribution in [0.25, 0.3) is 21.5 Å². The summed E-state index contributed by atoms with van der Waals surface area (Å²) in [6.07, 6.45) is 8.63. The second-order valence-corrected chi connectivity index (χ2v) is 11.1. The van der Waals surface area contributed by atoms with Gasteiger partial charge in [-0.2, -0.15) is 5.57 Å². The standard InChI is InChI=1S/C17H17.C13H10.C7H9.2ClH.Zr/c1-3-12-5-7-16-14(9-12)11-15-10-13(4-2)6-8-17(15)16;1-3-7-12(8-4-1)11-13-9-5-2-6-10-13;1-6-3-4-7(2)5-6;;;/h5-11H,3-4H2,1-2H3;1-10H;5H,3H2,1-2H3;2*1H;/q-1;;-1;;;+2/p-2. The number of hydrogen-bond donors (Lipinski definition) is 0. The topological polar surface area (TPSA) is 0 Å². The van der Waals surface area contributed by atoms with Crippen molar-refractivity contribution in [2.24, 2.45) is 0 Å². The second-order valence-electron chi connectivity index (χ2n) is 9.83. The molecular formula is C37H36Cl2Zr-2. The van der Waals surface area contributed by atoms with Crippen molar-refractivity contribution in [1.29, 1.82) is 0 Å². The van der Waals surface area contributed by atoms with Crippen molar-refractivity contribution in [3.05, 3.63) is 149 Å². The van der Waals surface area contributed by atoms with E-state index in [0.29, 0.717) is 0 Å². The first-order chi connectivity index (χ1) is 18.5. The minimum atomic E-state index is 0. The minimum absolute atomic E-state index is 0. The number of allylic oxidation sites excluding steroid dienone is 4. The van der Waals surface area contributed by atoms with Crippen LogP contribution in [0.5, 0.6) is 0 Å². The van der Waals surface area contributed by atoms with E-state index in [4.69, 9.17) is 0 Å². The molecule has 0 atom stereocenters. The molecule has 0 aromatic heterocycles. The molecule has 0 nitrogen and oxygen atoms in total. The molecule has 0 saturated carbocycles. The molecule has 0 aliphatic heterocycles. The quantitative estimate of drug-likeness (QED) is 0.263. The number of benzene rings is 4. The Morgan fingerprint density at radius 2 is 1.15 bits per heavy atom. The molecule has 5 aromatic rings. The molecule has 0 spiro atoms. The summed E-state index contributed by atoms with van der Waals surface area (Å²) in [6, 6.07) is 37.1. The monoisotopic (exact) mass is 640 g/mol. The van der Waals surface area contributed by atoms with E-state index >= 15 is 0 Å². The van der Waals surface area contributed by atoms with Crippen LogP contribution in [0.15, 0.2) is 120 Å². The van der Waals surface area contributed by atoms with Crippen LogP contribution in [-0.2, 0) is 37.1 Å². The Morgan fingerprint density at radius 3 is 1.48 bits per heavy atom. The first kappa shape index (κ1) is 33.8. The Balaban J connectivity index is 0.000000221. The average Bonchev–Trinajstić information content (AvgIpc) is 3.54. The molecule has 204 valence electrons. The third-order valence-electron chi connectivity index (χ3n) is 6.88. The average molecular weight is 643 g/mol. The van der Waals surface area contributed by atoms with Crippen LogP contribution in [0, 0.1) is 6.08 Å². The predicted octanol–water partition coefficient (Wildman–Crippen LogP) is 3.73. The first-order valence-corrected chi connectivity index (χ1v) is 14.8. The van der Waals surface area contributed by atoms with Gasteiger partial charge in [-0.1, -0.05) is 63.1 Å². The molecule has 0 bridgehead atoms.